The van der Waals surface area contributed by atoms with Gasteiger partial charge in [0.25, 0.3) is 0 Å². The van der Waals surface area contributed by atoms with Gasteiger partial charge in [0.2, 0.25) is 0 Å². The van der Waals surface area contributed by atoms with Crippen LogP contribution < -0.4 is 0 Å². The predicted molar refractivity (Wildman–Crippen MR) is 78.1 cm³/mol. The topological polar surface area (TPSA) is 25.8 Å². The first-order valence-electron chi connectivity index (χ1n) is 5.87. The Bertz CT molecular complexity index is 559. The number of thiazole rings is 1. The molecule has 3 aromatic rings. The molecule has 1 aromatic carbocycles. The van der Waals surface area contributed by atoms with Crippen molar-refractivity contribution >= 4 is 22.2 Å². The van der Waals surface area contributed by atoms with Crippen molar-refractivity contribution < 1.29 is 0 Å². The number of fused-ring (bicyclic) bond motifs is 1. The minimum atomic E-state index is 1.06. The summed E-state index contributed by atoms with van der Waals surface area (Å²) in [5, 5.41) is 2.37. The molecule has 0 N–H and O–H groups in total. The van der Waals surface area contributed by atoms with Crippen LogP contribution in [0.25, 0.3) is 10.9 Å². The third-order valence-electron chi connectivity index (χ3n) is 2.65. The molecule has 0 fully saturated rings. The molecular formula is C15H16N2S. The van der Waals surface area contributed by atoms with Crippen molar-refractivity contribution in [2.75, 3.05) is 0 Å². The van der Waals surface area contributed by atoms with Crippen molar-refractivity contribution in [3.63, 3.8) is 0 Å². The van der Waals surface area contributed by atoms with E-state index in [9.17, 15) is 0 Å². The van der Waals surface area contributed by atoms with E-state index in [-0.39, 0.29) is 0 Å². The number of hydrogen-bond acceptors (Lipinski definition) is 3. The smallest absolute Gasteiger partial charge is 0.0899 e. The second-order valence-corrected chi connectivity index (χ2v) is 5.48. The van der Waals surface area contributed by atoms with Crippen LogP contribution in [0.2, 0.25) is 0 Å². The largest absolute Gasteiger partial charge is 0.256 e. The fourth-order valence-electron chi connectivity index (χ4n) is 1.65. The first-order valence-corrected chi connectivity index (χ1v) is 6.69. The van der Waals surface area contributed by atoms with Crippen molar-refractivity contribution in [1.82, 2.24) is 9.97 Å². The standard InChI is InChI=1S/C9H7N.C6H9NS/c1-2-6-9-8(4-1)5-3-7-10-9;1-4-5(2)8-6(3)7-4/h1-7H;1-3H3. The van der Waals surface area contributed by atoms with Gasteiger partial charge < -0.3 is 0 Å². The average molecular weight is 256 g/mol. The quantitative estimate of drug-likeness (QED) is 0.599. The molecule has 0 unspecified atom stereocenters. The Labute approximate surface area is 111 Å². The molecule has 0 saturated carbocycles. The van der Waals surface area contributed by atoms with Gasteiger partial charge in [-0.05, 0) is 32.9 Å². The minimum Gasteiger partial charge on any atom is -0.256 e. The third-order valence-corrected chi connectivity index (χ3v) is 3.64. The summed E-state index contributed by atoms with van der Waals surface area (Å²) in [7, 11) is 0. The summed E-state index contributed by atoms with van der Waals surface area (Å²) in [5.74, 6) is 0. The van der Waals surface area contributed by atoms with Crippen LogP contribution in [0.1, 0.15) is 15.6 Å². The molecule has 18 heavy (non-hydrogen) atoms. The number of para-hydroxylation sites is 1. The molecule has 2 nitrogen and oxygen atoms in total. The fraction of sp³-hybridized carbons (Fsp3) is 0.200. The summed E-state index contributed by atoms with van der Waals surface area (Å²) in [6.07, 6.45) is 1.81. The van der Waals surface area contributed by atoms with E-state index in [4.69, 9.17) is 0 Å². The van der Waals surface area contributed by atoms with Crippen molar-refractivity contribution in [3.8, 4) is 0 Å². The zero-order valence-corrected chi connectivity index (χ0v) is 11.7. The lowest BCUT2D eigenvalue weighted by atomic mass is 10.2. The number of rotatable bonds is 0. The Morgan fingerprint density at radius 2 is 1.67 bits per heavy atom. The van der Waals surface area contributed by atoms with Crippen LogP contribution in [0.15, 0.2) is 42.6 Å². The van der Waals surface area contributed by atoms with Crippen LogP contribution in [0.4, 0.5) is 0 Å². The lowest BCUT2D eigenvalue weighted by Gasteiger charge is -1.91. The number of benzene rings is 1. The lowest BCUT2D eigenvalue weighted by Crippen LogP contribution is -1.73. The van der Waals surface area contributed by atoms with Gasteiger partial charge in [-0.25, -0.2) is 4.98 Å². The number of pyridine rings is 1. The maximum atomic E-state index is 4.23. The zero-order chi connectivity index (χ0) is 13.0. The van der Waals surface area contributed by atoms with Gasteiger partial charge in [-0.15, -0.1) is 11.3 Å². The van der Waals surface area contributed by atoms with Gasteiger partial charge in [0.15, 0.2) is 0 Å². The van der Waals surface area contributed by atoms with E-state index < -0.39 is 0 Å². The Kier molecular flexibility index (Phi) is 4.05. The van der Waals surface area contributed by atoms with E-state index in [0.29, 0.717) is 0 Å². The van der Waals surface area contributed by atoms with Gasteiger partial charge in [-0.3, -0.25) is 4.98 Å². The predicted octanol–water partition coefficient (Wildman–Crippen LogP) is 4.30. The van der Waals surface area contributed by atoms with Crippen LogP contribution in [-0.4, -0.2) is 9.97 Å². The molecule has 0 radical (unpaired) electrons. The first-order chi connectivity index (χ1) is 8.66. The van der Waals surface area contributed by atoms with E-state index in [0.717, 1.165) is 5.52 Å². The Morgan fingerprint density at radius 3 is 2.22 bits per heavy atom. The van der Waals surface area contributed by atoms with Crippen LogP contribution in [0.5, 0.6) is 0 Å². The second kappa shape index (κ2) is 5.74. The normalized spacial score (nSPS) is 9.94. The highest BCUT2D eigenvalue weighted by molar-refractivity contribution is 7.11. The van der Waals surface area contributed by atoms with E-state index in [1.54, 1.807) is 11.3 Å². The summed E-state index contributed by atoms with van der Waals surface area (Å²) in [6, 6.07) is 12.1. The second-order valence-electron chi connectivity index (χ2n) is 4.07. The number of hydrogen-bond donors (Lipinski definition) is 0. The molecule has 2 heterocycles. The third kappa shape index (κ3) is 3.14. The summed E-state index contributed by atoms with van der Waals surface area (Å²) < 4.78 is 0. The summed E-state index contributed by atoms with van der Waals surface area (Å²) in [6.45, 7) is 6.17. The molecule has 3 rings (SSSR count). The Balaban J connectivity index is 0.000000138. The molecule has 0 aliphatic heterocycles. The summed E-state index contributed by atoms with van der Waals surface area (Å²) in [4.78, 5) is 9.75. The van der Waals surface area contributed by atoms with Gasteiger partial charge in [0.05, 0.1) is 16.2 Å². The molecule has 0 saturated heterocycles. The number of aryl methyl sites for hydroxylation is 3. The van der Waals surface area contributed by atoms with Crippen LogP contribution in [0.3, 0.4) is 0 Å². The van der Waals surface area contributed by atoms with Crippen molar-refractivity contribution in [1.29, 1.82) is 0 Å². The van der Waals surface area contributed by atoms with Gasteiger partial charge in [0.1, 0.15) is 0 Å². The highest BCUT2D eigenvalue weighted by Gasteiger charge is 1.95. The van der Waals surface area contributed by atoms with Gasteiger partial charge in [-0.2, -0.15) is 0 Å². The summed E-state index contributed by atoms with van der Waals surface area (Å²) >= 11 is 1.76. The highest BCUT2D eigenvalue weighted by Crippen LogP contribution is 2.14. The van der Waals surface area contributed by atoms with E-state index in [1.807, 2.05) is 44.3 Å². The van der Waals surface area contributed by atoms with Crippen molar-refractivity contribution in [3.05, 3.63) is 58.2 Å². The maximum absolute atomic E-state index is 4.23. The molecule has 92 valence electrons. The minimum absolute atomic E-state index is 1.06. The van der Waals surface area contributed by atoms with E-state index in [1.165, 1.54) is 21.0 Å². The fourth-order valence-corrected chi connectivity index (χ4v) is 2.47. The molecule has 0 aliphatic rings. The van der Waals surface area contributed by atoms with Crippen molar-refractivity contribution in [2.24, 2.45) is 0 Å². The van der Waals surface area contributed by atoms with E-state index in [2.05, 4.69) is 29.0 Å². The monoisotopic (exact) mass is 256 g/mol. The molecule has 2 aromatic heterocycles. The highest BCUT2D eigenvalue weighted by atomic mass is 32.1. The van der Waals surface area contributed by atoms with Gasteiger partial charge >= 0.3 is 0 Å². The molecular weight excluding hydrogens is 240 g/mol. The molecule has 0 aliphatic carbocycles. The Morgan fingerprint density at radius 1 is 0.944 bits per heavy atom. The number of aromatic nitrogens is 2. The lowest BCUT2D eigenvalue weighted by molar-refractivity contribution is 1.18. The number of nitrogens with zero attached hydrogens (tertiary/aromatic N) is 2. The Hall–Kier alpha value is -1.74. The van der Waals surface area contributed by atoms with E-state index >= 15 is 0 Å². The maximum Gasteiger partial charge on any atom is 0.0899 e. The molecule has 0 spiro atoms. The first kappa shape index (κ1) is 12.7. The van der Waals surface area contributed by atoms with Crippen LogP contribution in [-0.2, 0) is 0 Å². The van der Waals surface area contributed by atoms with Gasteiger partial charge in [-0.1, -0.05) is 24.3 Å². The average Bonchev–Trinajstić information content (AvgIpc) is 2.67. The molecule has 0 bridgehead atoms. The summed E-state index contributed by atoms with van der Waals surface area (Å²) in [5.41, 5.74) is 2.23. The molecule has 0 atom stereocenters. The van der Waals surface area contributed by atoms with Crippen LogP contribution >= 0.6 is 11.3 Å². The SMILES string of the molecule is Cc1nc(C)c(C)s1.c1ccc2ncccc2c1. The van der Waals surface area contributed by atoms with Crippen LogP contribution in [0, 0.1) is 20.8 Å². The molecule has 0 amide bonds. The molecule has 3 heteroatoms. The van der Waals surface area contributed by atoms with Gasteiger partial charge in [0, 0.05) is 16.5 Å². The zero-order valence-electron chi connectivity index (χ0n) is 10.8. The van der Waals surface area contributed by atoms with Crippen molar-refractivity contribution in [2.45, 2.75) is 20.8 Å².